The van der Waals surface area contributed by atoms with Gasteiger partial charge in [0.2, 0.25) is 0 Å². The van der Waals surface area contributed by atoms with Gasteiger partial charge in [0.15, 0.2) is 5.79 Å². The zero-order valence-electron chi connectivity index (χ0n) is 11.0. The van der Waals surface area contributed by atoms with E-state index in [4.69, 9.17) is 23.0 Å². The van der Waals surface area contributed by atoms with Crippen LogP contribution in [-0.2, 0) is 23.0 Å². The molecule has 2 saturated heterocycles. The maximum absolute atomic E-state index is 11.3. The van der Waals surface area contributed by atoms with Gasteiger partial charge in [0.1, 0.15) is 19.8 Å². The monoisotopic (exact) mass is 295 g/mol. The Balaban J connectivity index is 1.91. The summed E-state index contributed by atoms with van der Waals surface area (Å²) in [7, 11) is -1.49. The smallest absolute Gasteiger partial charge is 0.332 e. The Morgan fingerprint density at radius 2 is 1.84 bits per heavy atom. The number of nitrogens with zero attached hydrogens (tertiary/aromatic N) is 1. The third kappa shape index (κ3) is 3.81. The summed E-state index contributed by atoms with van der Waals surface area (Å²) in [6.45, 7) is 4.27. The molecule has 0 spiro atoms. The second kappa shape index (κ2) is 5.95. The Morgan fingerprint density at radius 3 is 2.37 bits per heavy atom. The number of hydrogen-bond acceptors (Lipinski definition) is 7. The quantitative estimate of drug-likeness (QED) is 0.440. The highest BCUT2D eigenvalue weighted by Crippen LogP contribution is 2.43. The Kier molecular flexibility index (Phi) is 4.70. The van der Waals surface area contributed by atoms with Gasteiger partial charge in [-0.15, -0.1) is 0 Å². The van der Waals surface area contributed by atoms with Gasteiger partial charge in [-0.3, -0.25) is 10.1 Å². The van der Waals surface area contributed by atoms with Gasteiger partial charge in [-0.1, -0.05) is 0 Å². The van der Waals surface area contributed by atoms with Crippen molar-refractivity contribution < 1.29 is 28.0 Å². The molecule has 19 heavy (non-hydrogen) atoms. The molecule has 2 rings (SSSR count). The molecule has 0 radical (unpaired) electrons. The molecule has 2 aliphatic heterocycles. The number of nitro groups is 1. The maximum atomic E-state index is 11.3. The van der Waals surface area contributed by atoms with E-state index in [-0.39, 0.29) is 19.8 Å². The second-order valence-electron chi connectivity index (χ2n) is 4.98. The van der Waals surface area contributed by atoms with Crippen LogP contribution in [0.25, 0.3) is 0 Å². The van der Waals surface area contributed by atoms with E-state index < -0.39 is 24.9 Å². The van der Waals surface area contributed by atoms with E-state index in [0.717, 1.165) is 6.42 Å². The molecule has 2 aliphatic rings. The van der Waals surface area contributed by atoms with Crippen molar-refractivity contribution >= 4 is 8.60 Å². The van der Waals surface area contributed by atoms with E-state index in [2.05, 4.69) is 0 Å². The lowest BCUT2D eigenvalue weighted by Gasteiger charge is -2.37. The number of rotatable bonds is 4. The summed E-state index contributed by atoms with van der Waals surface area (Å²) in [6.07, 6.45) is 0.809. The molecule has 2 heterocycles. The molecule has 110 valence electrons. The van der Waals surface area contributed by atoms with Gasteiger partial charge in [-0.05, 0) is 20.3 Å². The van der Waals surface area contributed by atoms with Gasteiger partial charge in [0, 0.05) is 4.92 Å². The van der Waals surface area contributed by atoms with E-state index in [1.54, 1.807) is 13.8 Å². The predicted octanol–water partition coefficient (Wildman–Crippen LogP) is 1.47. The molecule has 0 aliphatic carbocycles. The molecule has 8 nitrogen and oxygen atoms in total. The molecule has 0 aromatic carbocycles. The molecular formula is C10H18NO7P. The first-order chi connectivity index (χ1) is 8.94. The van der Waals surface area contributed by atoms with Crippen molar-refractivity contribution in [2.45, 2.75) is 31.6 Å². The second-order valence-corrected chi connectivity index (χ2v) is 6.20. The summed E-state index contributed by atoms with van der Waals surface area (Å²) in [4.78, 5) is 10.8. The van der Waals surface area contributed by atoms with Gasteiger partial charge < -0.3 is 23.0 Å². The molecule has 0 saturated carbocycles. The topological polar surface area (TPSA) is 89.3 Å². The Morgan fingerprint density at radius 1 is 1.26 bits per heavy atom. The lowest BCUT2D eigenvalue weighted by Crippen LogP contribution is -2.58. The van der Waals surface area contributed by atoms with Crippen LogP contribution in [0, 0.1) is 10.1 Å². The zero-order chi connectivity index (χ0) is 13.9. The molecule has 0 unspecified atom stereocenters. The minimum Gasteiger partial charge on any atom is -0.343 e. The van der Waals surface area contributed by atoms with Crippen LogP contribution in [0.1, 0.15) is 20.3 Å². The van der Waals surface area contributed by atoms with Crippen LogP contribution < -0.4 is 0 Å². The van der Waals surface area contributed by atoms with Crippen LogP contribution in [-0.4, -0.2) is 49.3 Å². The molecule has 0 aromatic rings. The summed E-state index contributed by atoms with van der Waals surface area (Å²) < 4.78 is 26.6. The van der Waals surface area contributed by atoms with E-state index in [0.29, 0.717) is 13.2 Å². The van der Waals surface area contributed by atoms with Crippen LogP contribution in [0.3, 0.4) is 0 Å². The van der Waals surface area contributed by atoms with Crippen molar-refractivity contribution in [2.24, 2.45) is 0 Å². The van der Waals surface area contributed by atoms with Gasteiger partial charge in [0.25, 0.3) is 5.54 Å². The first-order valence-electron chi connectivity index (χ1n) is 6.05. The van der Waals surface area contributed by atoms with Gasteiger partial charge in [-0.25, -0.2) is 0 Å². The van der Waals surface area contributed by atoms with Gasteiger partial charge in [-0.2, -0.15) is 0 Å². The standard InChI is InChI=1S/C10H18NO7P/c1-9(2)14-6-10(7-15-9,11(12)13)8-18-19-16-4-3-5-17-19/h3-8H2,1-2H3. The van der Waals surface area contributed by atoms with E-state index in [1.165, 1.54) is 0 Å². The van der Waals surface area contributed by atoms with Crippen LogP contribution in [0.15, 0.2) is 0 Å². The molecule has 0 amide bonds. The largest absolute Gasteiger partial charge is 0.343 e. The van der Waals surface area contributed by atoms with Crippen molar-refractivity contribution in [3.05, 3.63) is 10.1 Å². The third-order valence-corrected chi connectivity index (χ3v) is 4.01. The van der Waals surface area contributed by atoms with Crippen LogP contribution in [0.2, 0.25) is 0 Å². The fourth-order valence-corrected chi connectivity index (χ4v) is 2.69. The molecule has 0 aromatic heterocycles. The molecular weight excluding hydrogens is 277 g/mol. The lowest BCUT2D eigenvalue weighted by molar-refractivity contribution is -0.597. The predicted molar refractivity (Wildman–Crippen MR) is 65.1 cm³/mol. The highest BCUT2D eigenvalue weighted by molar-refractivity contribution is 7.41. The average molecular weight is 295 g/mol. The zero-order valence-corrected chi connectivity index (χ0v) is 11.9. The van der Waals surface area contributed by atoms with Crippen molar-refractivity contribution in [3.63, 3.8) is 0 Å². The van der Waals surface area contributed by atoms with Crippen LogP contribution in [0.5, 0.6) is 0 Å². The normalized spacial score (nSPS) is 27.1. The minimum atomic E-state index is -1.49. The Hall–Kier alpha value is -0.370. The van der Waals surface area contributed by atoms with E-state index in [9.17, 15) is 10.1 Å². The maximum Gasteiger partial charge on any atom is 0.332 e. The van der Waals surface area contributed by atoms with Crippen molar-refractivity contribution in [1.82, 2.24) is 0 Å². The van der Waals surface area contributed by atoms with Gasteiger partial charge in [0.05, 0.1) is 13.2 Å². The molecule has 0 N–H and O–H groups in total. The summed E-state index contributed by atoms with van der Waals surface area (Å²) >= 11 is 0. The highest BCUT2D eigenvalue weighted by Gasteiger charge is 2.51. The summed E-state index contributed by atoms with van der Waals surface area (Å²) in [5, 5.41) is 11.3. The van der Waals surface area contributed by atoms with Crippen molar-refractivity contribution in [2.75, 3.05) is 33.0 Å². The lowest BCUT2D eigenvalue weighted by atomic mass is 10.0. The average Bonchev–Trinajstić information content (AvgIpc) is 2.39. The fraction of sp³-hybridized carbons (Fsp3) is 1.00. The third-order valence-electron chi connectivity index (χ3n) is 2.88. The number of ether oxygens (including phenoxy) is 2. The highest BCUT2D eigenvalue weighted by atomic mass is 31.2. The van der Waals surface area contributed by atoms with Crippen LogP contribution in [0.4, 0.5) is 0 Å². The van der Waals surface area contributed by atoms with E-state index >= 15 is 0 Å². The van der Waals surface area contributed by atoms with E-state index in [1.807, 2.05) is 0 Å². The first-order valence-corrected chi connectivity index (χ1v) is 7.14. The van der Waals surface area contributed by atoms with Crippen molar-refractivity contribution in [3.8, 4) is 0 Å². The molecule has 9 heteroatoms. The summed E-state index contributed by atoms with van der Waals surface area (Å²) in [6, 6.07) is 0. The fourth-order valence-electron chi connectivity index (χ4n) is 1.56. The Labute approximate surface area is 112 Å². The first kappa shape index (κ1) is 15.0. The summed E-state index contributed by atoms with van der Waals surface area (Å²) in [5.41, 5.74) is -1.40. The SMILES string of the molecule is CC1(C)OCC(COP2OCCCO2)([N+](=O)[O-])CO1. The van der Waals surface area contributed by atoms with Crippen LogP contribution >= 0.6 is 8.60 Å². The van der Waals surface area contributed by atoms with Gasteiger partial charge >= 0.3 is 8.60 Å². The Bertz CT molecular complexity index is 322. The van der Waals surface area contributed by atoms with Crippen molar-refractivity contribution in [1.29, 1.82) is 0 Å². The summed E-state index contributed by atoms with van der Waals surface area (Å²) in [5.74, 6) is -0.803. The molecule has 2 fully saturated rings. The number of hydrogen-bond donors (Lipinski definition) is 0. The minimum absolute atomic E-state index is 0.0594. The molecule has 0 bridgehead atoms. The molecule has 0 atom stereocenters.